The van der Waals surface area contributed by atoms with E-state index in [9.17, 15) is 4.79 Å². The number of carbonyl (C=O) groups excluding carboxylic acids is 1. The van der Waals surface area contributed by atoms with Gasteiger partial charge in [-0.2, -0.15) is 0 Å². The van der Waals surface area contributed by atoms with E-state index >= 15 is 0 Å². The summed E-state index contributed by atoms with van der Waals surface area (Å²) in [5.74, 6) is 0.379. The van der Waals surface area contributed by atoms with Gasteiger partial charge in [0.2, 0.25) is 0 Å². The van der Waals surface area contributed by atoms with Gasteiger partial charge in [0.25, 0.3) is 0 Å². The van der Waals surface area contributed by atoms with Gasteiger partial charge in [0.1, 0.15) is 5.78 Å². The van der Waals surface area contributed by atoms with Crippen LogP contribution in [0.3, 0.4) is 0 Å². The first kappa shape index (κ1) is 12.4. The smallest absolute Gasteiger partial charge is 0.133 e. The van der Waals surface area contributed by atoms with E-state index in [1.54, 1.807) is 6.20 Å². The lowest BCUT2D eigenvalue weighted by Gasteiger charge is -2.23. The second-order valence-electron chi connectivity index (χ2n) is 4.98. The molecule has 2 aromatic rings. The standard InChI is InChI=1S/C15H15ClN2O/c16-10-1-6-13-14(7-8-17-15(13)9-10)18-11-2-4-12(19)5-3-11/h1,6-9,11H,2-5H2,(H,17,18). The number of halogens is 1. The van der Waals surface area contributed by atoms with Crippen molar-refractivity contribution in [3.05, 3.63) is 35.5 Å². The van der Waals surface area contributed by atoms with Crippen molar-refractivity contribution in [1.29, 1.82) is 0 Å². The maximum absolute atomic E-state index is 11.3. The van der Waals surface area contributed by atoms with E-state index in [1.807, 2.05) is 24.3 Å². The molecular formula is C15H15ClN2O. The number of hydrogen-bond acceptors (Lipinski definition) is 3. The van der Waals surface area contributed by atoms with E-state index in [2.05, 4.69) is 10.3 Å². The van der Waals surface area contributed by atoms with E-state index in [-0.39, 0.29) is 0 Å². The zero-order valence-electron chi connectivity index (χ0n) is 10.5. The first-order valence-electron chi connectivity index (χ1n) is 6.55. The Balaban J connectivity index is 1.86. The predicted octanol–water partition coefficient (Wildman–Crippen LogP) is 3.81. The topological polar surface area (TPSA) is 42.0 Å². The van der Waals surface area contributed by atoms with Crippen molar-refractivity contribution in [1.82, 2.24) is 4.98 Å². The molecule has 19 heavy (non-hydrogen) atoms. The molecule has 1 N–H and O–H groups in total. The Hall–Kier alpha value is -1.61. The van der Waals surface area contributed by atoms with Gasteiger partial charge in [-0.1, -0.05) is 11.6 Å². The molecule has 0 unspecified atom stereocenters. The fourth-order valence-electron chi connectivity index (χ4n) is 2.55. The van der Waals surface area contributed by atoms with Crippen molar-refractivity contribution in [2.75, 3.05) is 5.32 Å². The summed E-state index contributed by atoms with van der Waals surface area (Å²) in [6, 6.07) is 8.08. The summed E-state index contributed by atoms with van der Waals surface area (Å²) in [7, 11) is 0. The van der Waals surface area contributed by atoms with Gasteiger partial charge in [0.15, 0.2) is 0 Å². The third-order valence-corrected chi connectivity index (χ3v) is 3.84. The monoisotopic (exact) mass is 274 g/mol. The van der Waals surface area contributed by atoms with Gasteiger partial charge in [0.05, 0.1) is 5.52 Å². The number of pyridine rings is 1. The lowest BCUT2D eigenvalue weighted by atomic mass is 9.94. The van der Waals surface area contributed by atoms with Crippen LogP contribution in [0.2, 0.25) is 5.02 Å². The van der Waals surface area contributed by atoms with Gasteiger partial charge in [-0.05, 0) is 37.1 Å². The van der Waals surface area contributed by atoms with Crippen LogP contribution < -0.4 is 5.32 Å². The Morgan fingerprint density at radius 1 is 1.21 bits per heavy atom. The second kappa shape index (κ2) is 5.17. The molecule has 1 saturated carbocycles. The summed E-state index contributed by atoms with van der Waals surface area (Å²) in [5, 5.41) is 5.30. The quantitative estimate of drug-likeness (QED) is 0.905. The summed E-state index contributed by atoms with van der Waals surface area (Å²) >= 11 is 5.98. The largest absolute Gasteiger partial charge is 0.382 e. The highest BCUT2D eigenvalue weighted by Gasteiger charge is 2.18. The molecule has 4 heteroatoms. The minimum Gasteiger partial charge on any atom is -0.382 e. The molecule has 1 fully saturated rings. The number of aromatic nitrogens is 1. The Morgan fingerprint density at radius 3 is 2.79 bits per heavy atom. The average Bonchev–Trinajstić information content (AvgIpc) is 2.41. The molecule has 0 aliphatic heterocycles. The normalized spacial score (nSPS) is 16.8. The van der Waals surface area contributed by atoms with Crippen LogP contribution >= 0.6 is 11.6 Å². The first-order chi connectivity index (χ1) is 9.22. The van der Waals surface area contributed by atoms with Crippen molar-refractivity contribution in [2.24, 2.45) is 0 Å². The van der Waals surface area contributed by atoms with Crippen LogP contribution in [0.4, 0.5) is 5.69 Å². The minimum atomic E-state index is 0.374. The van der Waals surface area contributed by atoms with Gasteiger partial charge in [-0.25, -0.2) is 0 Å². The molecule has 3 rings (SSSR count). The molecule has 98 valence electrons. The molecule has 3 nitrogen and oxygen atoms in total. The van der Waals surface area contributed by atoms with Crippen LogP contribution in [0.15, 0.2) is 30.5 Å². The lowest BCUT2D eigenvalue weighted by molar-refractivity contribution is -0.120. The summed E-state index contributed by atoms with van der Waals surface area (Å²) in [4.78, 5) is 15.6. The molecule has 0 amide bonds. The molecule has 1 aromatic carbocycles. The molecule has 0 saturated heterocycles. The molecule has 1 heterocycles. The van der Waals surface area contributed by atoms with E-state index in [0.29, 0.717) is 29.7 Å². The third-order valence-electron chi connectivity index (χ3n) is 3.61. The number of anilines is 1. The fraction of sp³-hybridized carbons (Fsp3) is 0.333. The molecular weight excluding hydrogens is 260 g/mol. The number of benzene rings is 1. The van der Waals surface area contributed by atoms with Gasteiger partial charge in [0, 0.05) is 41.2 Å². The lowest BCUT2D eigenvalue weighted by Crippen LogP contribution is -2.26. The Morgan fingerprint density at radius 2 is 2.00 bits per heavy atom. The van der Waals surface area contributed by atoms with Crippen molar-refractivity contribution in [3.8, 4) is 0 Å². The van der Waals surface area contributed by atoms with E-state index in [1.165, 1.54) is 0 Å². The van der Waals surface area contributed by atoms with Crippen molar-refractivity contribution >= 4 is 34.0 Å². The van der Waals surface area contributed by atoms with Gasteiger partial charge in [-0.3, -0.25) is 9.78 Å². The zero-order valence-corrected chi connectivity index (χ0v) is 11.3. The maximum atomic E-state index is 11.3. The van der Waals surface area contributed by atoms with Crippen molar-refractivity contribution < 1.29 is 4.79 Å². The maximum Gasteiger partial charge on any atom is 0.133 e. The highest BCUT2D eigenvalue weighted by Crippen LogP contribution is 2.27. The number of nitrogens with one attached hydrogen (secondary N) is 1. The fourth-order valence-corrected chi connectivity index (χ4v) is 2.72. The third kappa shape index (κ3) is 2.71. The summed E-state index contributed by atoms with van der Waals surface area (Å²) in [6.45, 7) is 0. The molecule has 1 aliphatic rings. The molecule has 0 spiro atoms. The average molecular weight is 275 g/mol. The van der Waals surface area contributed by atoms with Crippen LogP contribution in [0.5, 0.6) is 0 Å². The van der Waals surface area contributed by atoms with Gasteiger partial charge < -0.3 is 5.32 Å². The Labute approximate surface area is 117 Å². The van der Waals surface area contributed by atoms with Crippen LogP contribution in [-0.2, 0) is 4.79 Å². The zero-order chi connectivity index (χ0) is 13.2. The molecule has 0 atom stereocenters. The Bertz CT molecular complexity index is 617. The van der Waals surface area contributed by atoms with E-state index in [0.717, 1.165) is 29.4 Å². The van der Waals surface area contributed by atoms with Gasteiger partial charge in [-0.15, -0.1) is 0 Å². The van der Waals surface area contributed by atoms with Crippen LogP contribution in [0.1, 0.15) is 25.7 Å². The SMILES string of the molecule is O=C1CCC(Nc2ccnc3cc(Cl)ccc23)CC1. The highest BCUT2D eigenvalue weighted by molar-refractivity contribution is 6.31. The van der Waals surface area contributed by atoms with Crippen molar-refractivity contribution in [2.45, 2.75) is 31.7 Å². The summed E-state index contributed by atoms with van der Waals surface area (Å²) < 4.78 is 0. The molecule has 0 bridgehead atoms. The molecule has 1 aliphatic carbocycles. The van der Waals surface area contributed by atoms with E-state index < -0.39 is 0 Å². The van der Waals surface area contributed by atoms with E-state index in [4.69, 9.17) is 11.6 Å². The number of fused-ring (bicyclic) bond motifs is 1. The second-order valence-corrected chi connectivity index (χ2v) is 5.41. The van der Waals surface area contributed by atoms with Crippen LogP contribution in [-0.4, -0.2) is 16.8 Å². The highest BCUT2D eigenvalue weighted by atomic mass is 35.5. The number of Topliss-reactive ketones (excluding diaryl/α,β-unsaturated/α-hetero) is 1. The number of nitrogens with zero attached hydrogens (tertiary/aromatic N) is 1. The number of carbonyl (C=O) groups is 1. The van der Waals surface area contributed by atoms with Gasteiger partial charge >= 0.3 is 0 Å². The molecule has 1 aromatic heterocycles. The van der Waals surface area contributed by atoms with Crippen LogP contribution in [0, 0.1) is 0 Å². The number of hydrogen-bond donors (Lipinski definition) is 1. The van der Waals surface area contributed by atoms with Crippen molar-refractivity contribution in [3.63, 3.8) is 0 Å². The number of ketones is 1. The summed E-state index contributed by atoms with van der Waals surface area (Å²) in [5.41, 5.74) is 1.96. The Kier molecular flexibility index (Phi) is 3.38. The molecule has 0 radical (unpaired) electrons. The summed E-state index contributed by atoms with van der Waals surface area (Å²) in [6.07, 6.45) is 4.99. The minimum absolute atomic E-state index is 0.374. The number of rotatable bonds is 2. The predicted molar refractivity (Wildman–Crippen MR) is 77.6 cm³/mol. The van der Waals surface area contributed by atoms with Crippen LogP contribution in [0.25, 0.3) is 10.9 Å². The first-order valence-corrected chi connectivity index (χ1v) is 6.93.